The van der Waals surface area contributed by atoms with Gasteiger partial charge in [-0.2, -0.15) is 0 Å². The number of nitrogens with one attached hydrogen (secondary N) is 1. The molecule has 2 aromatic heterocycles. The molecular formula is C15H22N4O. The highest BCUT2D eigenvalue weighted by atomic mass is 16.2. The summed E-state index contributed by atoms with van der Waals surface area (Å²) in [6.45, 7) is 7.98. The number of hydrogen-bond donors (Lipinski definition) is 1. The average Bonchev–Trinajstić information content (AvgIpc) is 2.88. The van der Waals surface area contributed by atoms with Crippen LogP contribution in [0.15, 0.2) is 30.6 Å². The third-order valence-electron chi connectivity index (χ3n) is 3.45. The lowest BCUT2D eigenvalue weighted by Crippen LogP contribution is -2.44. The molecule has 2 aromatic rings. The van der Waals surface area contributed by atoms with Gasteiger partial charge < -0.3 is 14.6 Å². The highest BCUT2D eigenvalue weighted by Crippen LogP contribution is 2.05. The molecule has 0 aliphatic rings. The minimum Gasteiger partial charge on any atom is -0.342 e. The van der Waals surface area contributed by atoms with Crippen molar-refractivity contribution >= 4 is 11.6 Å². The summed E-state index contributed by atoms with van der Waals surface area (Å²) >= 11 is 0. The highest BCUT2D eigenvalue weighted by molar-refractivity contribution is 5.81. The van der Waals surface area contributed by atoms with E-state index >= 15 is 0 Å². The lowest BCUT2D eigenvalue weighted by atomic mass is 10.2. The molecule has 0 saturated carbocycles. The van der Waals surface area contributed by atoms with Crippen LogP contribution in [0.5, 0.6) is 0 Å². The van der Waals surface area contributed by atoms with Gasteiger partial charge in [-0.25, -0.2) is 4.98 Å². The van der Waals surface area contributed by atoms with Crippen LogP contribution in [-0.4, -0.2) is 39.3 Å². The molecule has 0 aliphatic heterocycles. The second kappa shape index (κ2) is 6.52. The topological polar surface area (TPSA) is 49.6 Å². The number of imidazole rings is 1. The van der Waals surface area contributed by atoms with E-state index in [1.807, 2.05) is 60.7 Å². The van der Waals surface area contributed by atoms with Gasteiger partial charge in [-0.15, -0.1) is 0 Å². The number of nitrogens with zero attached hydrogens (tertiary/aromatic N) is 3. The first-order valence-electron chi connectivity index (χ1n) is 7.10. The summed E-state index contributed by atoms with van der Waals surface area (Å²) in [6.07, 6.45) is 3.95. The molecule has 0 aromatic carbocycles. The first-order valence-corrected chi connectivity index (χ1v) is 7.10. The van der Waals surface area contributed by atoms with Gasteiger partial charge in [-0.05, 0) is 32.9 Å². The van der Waals surface area contributed by atoms with E-state index in [2.05, 4.69) is 10.3 Å². The molecule has 5 heteroatoms. The van der Waals surface area contributed by atoms with E-state index in [9.17, 15) is 4.79 Å². The number of fused-ring (bicyclic) bond motifs is 1. The van der Waals surface area contributed by atoms with E-state index in [-0.39, 0.29) is 11.9 Å². The van der Waals surface area contributed by atoms with Gasteiger partial charge in [0, 0.05) is 32.0 Å². The van der Waals surface area contributed by atoms with Gasteiger partial charge in [0.05, 0.1) is 11.7 Å². The molecule has 5 nitrogen and oxygen atoms in total. The predicted octanol–water partition coefficient (Wildman–Crippen LogP) is 1.68. The quantitative estimate of drug-likeness (QED) is 0.872. The summed E-state index contributed by atoms with van der Waals surface area (Å²) in [7, 11) is 0. The van der Waals surface area contributed by atoms with Gasteiger partial charge >= 0.3 is 0 Å². The van der Waals surface area contributed by atoms with Gasteiger partial charge in [0.15, 0.2) is 0 Å². The summed E-state index contributed by atoms with van der Waals surface area (Å²) in [5.41, 5.74) is 1.86. The lowest BCUT2D eigenvalue weighted by Gasteiger charge is -2.23. The number of pyridine rings is 1. The Kier molecular flexibility index (Phi) is 4.74. The Hall–Kier alpha value is -1.88. The molecule has 0 aliphatic carbocycles. The fourth-order valence-electron chi connectivity index (χ4n) is 2.23. The van der Waals surface area contributed by atoms with Crippen LogP contribution in [0.2, 0.25) is 0 Å². The van der Waals surface area contributed by atoms with E-state index in [0.29, 0.717) is 6.54 Å². The molecule has 108 valence electrons. The SMILES string of the molecule is CCN(CC)C(=O)C(C)NCc1cn2ccccc2n1. The van der Waals surface area contributed by atoms with Crippen molar-refractivity contribution in [3.8, 4) is 0 Å². The molecule has 1 atom stereocenters. The van der Waals surface area contributed by atoms with Gasteiger partial charge in [-0.3, -0.25) is 4.79 Å². The number of carbonyl (C=O) groups is 1. The maximum absolute atomic E-state index is 12.1. The minimum absolute atomic E-state index is 0.138. The average molecular weight is 274 g/mol. The van der Waals surface area contributed by atoms with Crippen molar-refractivity contribution in [1.29, 1.82) is 0 Å². The van der Waals surface area contributed by atoms with Crippen molar-refractivity contribution in [3.05, 3.63) is 36.3 Å². The van der Waals surface area contributed by atoms with Crippen molar-refractivity contribution in [2.75, 3.05) is 13.1 Å². The molecule has 20 heavy (non-hydrogen) atoms. The van der Waals surface area contributed by atoms with Crippen molar-refractivity contribution in [1.82, 2.24) is 19.6 Å². The number of amides is 1. The first kappa shape index (κ1) is 14.5. The standard InChI is InChI=1S/C15H22N4O/c1-4-18(5-2)15(20)12(3)16-10-13-11-19-9-7-6-8-14(19)17-13/h6-9,11-12,16H,4-5,10H2,1-3H3. The van der Waals surface area contributed by atoms with Crippen LogP contribution >= 0.6 is 0 Å². The first-order chi connectivity index (χ1) is 9.65. The molecule has 1 unspecified atom stereocenters. The Bertz CT molecular complexity index is 541. The molecular weight excluding hydrogens is 252 g/mol. The number of rotatable bonds is 6. The fraction of sp³-hybridized carbons (Fsp3) is 0.467. The Morgan fingerprint density at radius 1 is 1.40 bits per heavy atom. The van der Waals surface area contributed by atoms with E-state index in [4.69, 9.17) is 0 Å². The van der Waals surface area contributed by atoms with Crippen LogP contribution in [0.3, 0.4) is 0 Å². The van der Waals surface area contributed by atoms with E-state index < -0.39 is 0 Å². The summed E-state index contributed by atoms with van der Waals surface area (Å²) in [5.74, 6) is 0.138. The van der Waals surface area contributed by atoms with E-state index in [1.54, 1.807) is 0 Å². The number of hydrogen-bond acceptors (Lipinski definition) is 3. The zero-order chi connectivity index (χ0) is 14.5. The van der Waals surface area contributed by atoms with Crippen LogP contribution in [0.1, 0.15) is 26.5 Å². The molecule has 1 amide bonds. The number of aromatic nitrogens is 2. The predicted molar refractivity (Wildman–Crippen MR) is 79.4 cm³/mol. The molecule has 2 rings (SSSR count). The number of likely N-dealkylation sites (N-methyl/N-ethyl adjacent to an activating group) is 1. The summed E-state index contributed by atoms with van der Waals surface area (Å²) < 4.78 is 1.98. The molecule has 2 heterocycles. The Balaban J connectivity index is 1.95. The van der Waals surface area contributed by atoms with Gasteiger partial charge in [-0.1, -0.05) is 6.07 Å². The Morgan fingerprint density at radius 3 is 2.80 bits per heavy atom. The zero-order valence-corrected chi connectivity index (χ0v) is 12.3. The third-order valence-corrected chi connectivity index (χ3v) is 3.45. The van der Waals surface area contributed by atoms with Crippen LogP contribution in [0.25, 0.3) is 5.65 Å². The van der Waals surface area contributed by atoms with Gasteiger partial charge in [0.1, 0.15) is 5.65 Å². The van der Waals surface area contributed by atoms with E-state index in [1.165, 1.54) is 0 Å². The maximum Gasteiger partial charge on any atom is 0.239 e. The summed E-state index contributed by atoms with van der Waals surface area (Å²) in [5, 5.41) is 3.24. The van der Waals surface area contributed by atoms with Gasteiger partial charge in [0.25, 0.3) is 0 Å². The smallest absolute Gasteiger partial charge is 0.239 e. The summed E-state index contributed by atoms with van der Waals surface area (Å²) in [6, 6.07) is 5.71. The third kappa shape index (κ3) is 3.17. The Labute approximate surface area is 119 Å². The van der Waals surface area contributed by atoms with Crippen molar-refractivity contribution in [3.63, 3.8) is 0 Å². The van der Waals surface area contributed by atoms with E-state index in [0.717, 1.165) is 24.4 Å². The molecule has 1 N–H and O–H groups in total. The van der Waals surface area contributed by atoms with Crippen LogP contribution in [0.4, 0.5) is 0 Å². The van der Waals surface area contributed by atoms with Crippen molar-refractivity contribution in [2.45, 2.75) is 33.4 Å². The summed E-state index contributed by atoms with van der Waals surface area (Å²) in [4.78, 5) is 18.5. The van der Waals surface area contributed by atoms with Crippen LogP contribution in [-0.2, 0) is 11.3 Å². The Morgan fingerprint density at radius 2 is 2.15 bits per heavy atom. The van der Waals surface area contributed by atoms with Crippen molar-refractivity contribution in [2.24, 2.45) is 0 Å². The largest absolute Gasteiger partial charge is 0.342 e. The maximum atomic E-state index is 12.1. The molecule has 0 fully saturated rings. The normalized spacial score (nSPS) is 12.6. The fourth-order valence-corrected chi connectivity index (χ4v) is 2.23. The van der Waals surface area contributed by atoms with Crippen molar-refractivity contribution < 1.29 is 4.79 Å². The minimum atomic E-state index is -0.195. The number of carbonyl (C=O) groups excluding carboxylic acids is 1. The van der Waals surface area contributed by atoms with Gasteiger partial charge in [0.2, 0.25) is 5.91 Å². The molecule has 0 bridgehead atoms. The molecule has 0 saturated heterocycles. The molecule has 0 spiro atoms. The lowest BCUT2D eigenvalue weighted by molar-refractivity contribution is -0.132. The molecule has 0 radical (unpaired) electrons. The monoisotopic (exact) mass is 274 g/mol. The highest BCUT2D eigenvalue weighted by Gasteiger charge is 2.17. The second-order valence-corrected chi connectivity index (χ2v) is 4.81. The second-order valence-electron chi connectivity index (χ2n) is 4.81. The van der Waals surface area contributed by atoms with Crippen LogP contribution < -0.4 is 5.32 Å². The zero-order valence-electron chi connectivity index (χ0n) is 12.3. The van der Waals surface area contributed by atoms with Crippen LogP contribution in [0, 0.1) is 0 Å².